The Morgan fingerprint density at radius 3 is 2.78 bits per heavy atom. The van der Waals surface area contributed by atoms with Crippen LogP contribution in [0.2, 0.25) is 0 Å². The Hall–Kier alpha value is -1.75. The minimum Gasteiger partial charge on any atom is -0.340 e. The van der Waals surface area contributed by atoms with Gasteiger partial charge in [0.15, 0.2) is 0 Å². The van der Waals surface area contributed by atoms with Crippen LogP contribution in [0.15, 0.2) is 18.6 Å². The zero-order chi connectivity index (χ0) is 13.0. The topological polar surface area (TPSA) is 66.5 Å². The van der Waals surface area contributed by atoms with Gasteiger partial charge in [0.05, 0.1) is 24.1 Å². The van der Waals surface area contributed by atoms with Crippen molar-refractivity contribution in [3.05, 3.63) is 30.1 Å². The molecule has 1 unspecified atom stereocenters. The Bertz CT molecular complexity index is 506. The number of H-pyrrole nitrogens is 1. The second-order valence-electron chi connectivity index (χ2n) is 4.42. The monoisotopic (exact) mass is 245 g/mol. The van der Waals surface area contributed by atoms with E-state index in [1.54, 1.807) is 12.4 Å². The molecule has 0 aliphatic heterocycles. The molecule has 0 bridgehead atoms. The molecule has 0 aromatic carbocycles. The van der Waals surface area contributed by atoms with E-state index in [1.165, 1.54) is 0 Å². The van der Waals surface area contributed by atoms with Gasteiger partial charge in [0, 0.05) is 18.4 Å². The molecule has 0 saturated carbocycles. The van der Waals surface area contributed by atoms with Crippen LogP contribution in [0, 0.1) is 6.92 Å². The summed E-state index contributed by atoms with van der Waals surface area (Å²) < 4.78 is 0. The van der Waals surface area contributed by atoms with Crippen molar-refractivity contribution in [2.24, 2.45) is 0 Å². The third-order valence-electron chi connectivity index (χ3n) is 3.00. The second kappa shape index (κ2) is 5.73. The molecule has 5 heteroatoms. The molecule has 0 spiro atoms. The third kappa shape index (κ3) is 2.92. The highest BCUT2D eigenvalue weighted by Crippen LogP contribution is 2.16. The smallest absolute Gasteiger partial charge is 0.120 e. The summed E-state index contributed by atoms with van der Waals surface area (Å²) in [5, 5.41) is 3.40. The highest BCUT2D eigenvalue weighted by Gasteiger charge is 2.08. The molecule has 1 atom stereocenters. The van der Waals surface area contributed by atoms with Crippen molar-refractivity contribution in [2.45, 2.75) is 39.8 Å². The average molecular weight is 245 g/mol. The average Bonchev–Trinajstić information content (AvgIpc) is 2.85. The summed E-state index contributed by atoms with van der Waals surface area (Å²) in [6, 6.07) is 0.497. The first kappa shape index (κ1) is 12.7. The molecule has 96 valence electrons. The van der Waals surface area contributed by atoms with Crippen molar-refractivity contribution >= 4 is 0 Å². The summed E-state index contributed by atoms with van der Waals surface area (Å²) in [5.41, 5.74) is 2.68. The molecule has 0 amide bonds. The molecule has 0 saturated heterocycles. The highest BCUT2D eigenvalue weighted by atomic mass is 15.0. The minimum atomic E-state index is 0.497. The van der Waals surface area contributed by atoms with Gasteiger partial charge in [-0.15, -0.1) is 0 Å². The lowest BCUT2D eigenvalue weighted by Crippen LogP contribution is -2.24. The summed E-state index contributed by atoms with van der Waals surface area (Å²) >= 11 is 0. The maximum Gasteiger partial charge on any atom is 0.120 e. The number of hydrogen-bond donors (Lipinski definition) is 2. The van der Waals surface area contributed by atoms with Gasteiger partial charge in [-0.25, -0.2) is 4.98 Å². The molecule has 2 aromatic rings. The molecule has 2 N–H and O–H groups in total. The van der Waals surface area contributed by atoms with Crippen LogP contribution in [0.25, 0.3) is 11.4 Å². The normalized spacial score (nSPS) is 12.6. The van der Waals surface area contributed by atoms with E-state index < -0.39 is 0 Å². The van der Waals surface area contributed by atoms with Gasteiger partial charge in [-0.3, -0.25) is 9.97 Å². The highest BCUT2D eigenvalue weighted by molar-refractivity contribution is 5.55. The molecule has 2 aromatic heterocycles. The molecule has 0 aliphatic carbocycles. The lowest BCUT2D eigenvalue weighted by Gasteiger charge is -2.08. The molecule has 0 aliphatic rings. The number of nitrogens with one attached hydrogen (secondary N) is 2. The molecule has 0 radical (unpaired) electrons. The van der Waals surface area contributed by atoms with E-state index in [0.717, 1.165) is 35.9 Å². The van der Waals surface area contributed by atoms with Crippen molar-refractivity contribution in [3.63, 3.8) is 0 Å². The Labute approximate surface area is 107 Å². The fraction of sp³-hybridized carbons (Fsp3) is 0.462. The number of imidazole rings is 1. The van der Waals surface area contributed by atoms with E-state index in [-0.39, 0.29) is 0 Å². The van der Waals surface area contributed by atoms with Crippen molar-refractivity contribution in [2.75, 3.05) is 0 Å². The van der Waals surface area contributed by atoms with Crippen LogP contribution in [0.1, 0.15) is 31.8 Å². The maximum atomic E-state index is 4.35. The predicted octanol–water partition coefficient (Wildman–Crippen LogP) is 2.06. The first-order valence-electron chi connectivity index (χ1n) is 6.26. The summed E-state index contributed by atoms with van der Waals surface area (Å²) in [7, 11) is 0. The van der Waals surface area contributed by atoms with Gasteiger partial charge >= 0.3 is 0 Å². The van der Waals surface area contributed by atoms with E-state index in [2.05, 4.69) is 39.1 Å². The molecule has 18 heavy (non-hydrogen) atoms. The standard InChI is InChI=1S/C13H19N5/c1-4-9(2)16-8-12-17-7-11(18-12)13-10(3)14-5-6-15-13/h5-7,9,16H,4,8H2,1-3H3,(H,17,18). The SMILES string of the molecule is CCC(C)NCc1ncc(-c2nccnc2C)[nH]1. The molecular weight excluding hydrogens is 226 g/mol. The zero-order valence-corrected chi connectivity index (χ0v) is 11.1. The Kier molecular flexibility index (Phi) is 4.04. The van der Waals surface area contributed by atoms with Gasteiger partial charge in [-0.2, -0.15) is 0 Å². The lowest BCUT2D eigenvalue weighted by molar-refractivity contribution is 0.525. The van der Waals surface area contributed by atoms with E-state index in [1.807, 2.05) is 13.1 Å². The number of aromatic nitrogens is 4. The van der Waals surface area contributed by atoms with E-state index in [0.29, 0.717) is 6.04 Å². The Balaban J connectivity index is 2.09. The van der Waals surface area contributed by atoms with E-state index in [9.17, 15) is 0 Å². The predicted molar refractivity (Wildman–Crippen MR) is 70.9 cm³/mol. The van der Waals surface area contributed by atoms with Crippen molar-refractivity contribution < 1.29 is 0 Å². The van der Waals surface area contributed by atoms with Crippen LogP contribution in [-0.2, 0) is 6.54 Å². The molecule has 0 fully saturated rings. The minimum absolute atomic E-state index is 0.497. The Morgan fingerprint density at radius 1 is 1.28 bits per heavy atom. The molecular formula is C13H19N5. The summed E-state index contributed by atoms with van der Waals surface area (Å²) in [6.07, 6.45) is 6.31. The zero-order valence-electron chi connectivity index (χ0n) is 11.1. The largest absolute Gasteiger partial charge is 0.340 e. The van der Waals surface area contributed by atoms with E-state index in [4.69, 9.17) is 0 Å². The second-order valence-corrected chi connectivity index (χ2v) is 4.42. The Morgan fingerprint density at radius 2 is 2.06 bits per heavy atom. The first-order valence-corrected chi connectivity index (χ1v) is 6.26. The summed E-state index contributed by atoms with van der Waals surface area (Å²) in [5.74, 6) is 0.926. The fourth-order valence-electron chi connectivity index (χ4n) is 1.66. The summed E-state index contributed by atoms with van der Waals surface area (Å²) in [6.45, 7) is 7.01. The first-order chi connectivity index (χ1) is 8.70. The van der Waals surface area contributed by atoms with Crippen molar-refractivity contribution in [3.8, 4) is 11.4 Å². The maximum absolute atomic E-state index is 4.35. The number of aromatic amines is 1. The fourth-order valence-corrected chi connectivity index (χ4v) is 1.66. The number of rotatable bonds is 5. The van der Waals surface area contributed by atoms with Crippen LogP contribution >= 0.6 is 0 Å². The van der Waals surface area contributed by atoms with Gasteiger partial charge in [0.2, 0.25) is 0 Å². The molecule has 2 heterocycles. The lowest BCUT2D eigenvalue weighted by atomic mass is 10.2. The van der Waals surface area contributed by atoms with Crippen LogP contribution in [0.5, 0.6) is 0 Å². The number of aryl methyl sites for hydroxylation is 1. The van der Waals surface area contributed by atoms with Gasteiger partial charge in [0.25, 0.3) is 0 Å². The number of hydrogen-bond acceptors (Lipinski definition) is 4. The van der Waals surface area contributed by atoms with Gasteiger partial charge < -0.3 is 10.3 Å². The number of nitrogens with zero attached hydrogens (tertiary/aromatic N) is 3. The van der Waals surface area contributed by atoms with Crippen molar-refractivity contribution in [1.29, 1.82) is 0 Å². The van der Waals surface area contributed by atoms with Crippen LogP contribution in [0.4, 0.5) is 0 Å². The quantitative estimate of drug-likeness (QED) is 0.846. The van der Waals surface area contributed by atoms with Crippen LogP contribution < -0.4 is 5.32 Å². The van der Waals surface area contributed by atoms with E-state index >= 15 is 0 Å². The van der Waals surface area contributed by atoms with Gasteiger partial charge in [-0.1, -0.05) is 6.92 Å². The third-order valence-corrected chi connectivity index (χ3v) is 3.00. The van der Waals surface area contributed by atoms with Crippen molar-refractivity contribution in [1.82, 2.24) is 25.3 Å². The molecule has 5 nitrogen and oxygen atoms in total. The molecule has 2 rings (SSSR count). The van der Waals surface area contributed by atoms with Gasteiger partial charge in [0.1, 0.15) is 11.5 Å². The van der Waals surface area contributed by atoms with Gasteiger partial charge in [-0.05, 0) is 20.3 Å². The summed E-state index contributed by atoms with van der Waals surface area (Å²) in [4.78, 5) is 16.2. The van der Waals surface area contributed by atoms with Crippen LogP contribution in [-0.4, -0.2) is 26.0 Å². The van der Waals surface area contributed by atoms with Crippen LogP contribution in [0.3, 0.4) is 0 Å².